The number of fused-ring (bicyclic) bond motifs is 1. The van der Waals surface area contributed by atoms with Crippen LogP contribution < -0.4 is 0 Å². The molecule has 0 bridgehead atoms. The van der Waals surface area contributed by atoms with Crippen LogP contribution in [0.25, 0.3) is 0 Å². The van der Waals surface area contributed by atoms with E-state index in [-0.39, 0.29) is 18.0 Å². The van der Waals surface area contributed by atoms with Crippen LogP contribution in [0.1, 0.15) is 90.9 Å². The Hall–Kier alpha value is -1.32. The number of unbranched alkanes of at least 4 members (excludes halogenated alkanes) is 5. The number of Topliss-reactive ketones (excluding diaryl/α,β-unsaturated/α-hetero) is 1. The maximum atomic E-state index is 12.4. The molecule has 1 aliphatic carbocycles. The summed E-state index contributed by atoms with van der Waals surface area (Å²) in [6, 6.07) is 0. The number of carbonyl (C=O) groups excluding carboxylic acids is 2. The minimum absolute atomic E-state index is 0.0952. The number of hydrogen-bond acceptors (Lipinski definition) is 4. The van der Waals surface area contributed by atoms with Gasteiger partial charge in [0, 0.05) is 31.1 Å². The van der Waals surface area contributed by atoms with E-state index in [4.69, 9.17) is 9.47 Å². The standard InChI is InChI=1S/C22H36O4/c1-3-5-8-11-17-14-15-19-18(20(23)16-21(19)26-17)12-9-6-7-10-13-22(24)25-4-2/h14,18-19,21H,3-13,15-16H2,1-2H3. The van der Waals surface area contributed by atoms with E-state index in [9.17, 15) is 9.59 Å². The van der Waals surface area contributed by atoms with Crippen LogP contribution in [0.3, 0.4) is 0 Å². The molecule has 0 radical (unpaired) electrons. The van der Waals surface area contributed by atoms with E-state index in [1.807, 2.05) is 6.92 Å². The molecule has 1 heterocycles. The van der Waals surface area contributed by atoms with Crippen LogP contribution >= 0.6 is 0 Å². The van der Waals surface area contributed by atoms with Gasteiger partial charge in [-0.3, -0.25) is 9.59 Å². The highest BCUT2D eigenvalue weighted by molar-refractivity contribution is 5.84. The first-order valence-corrected chi connectivity index (χ1v) is 10.7. The van der Waals surface area contributed by atoms with Crippen molar-refractivity contribution in [3.8, 4) is 0 Å². The summed E-state index contributed by atoms with van der Waals surface area (Å²) in [4.78, 5) is 23.7. The topological polar surface area (TPSA) is 52.6 Å². The average molecular weight is 365 g/mol. The van der Waals surface area contributed by atoms with Crippen LogP contribution in [0.5, 0.6) is 0 Å². The summed E-state index contributed by atoms with van der Waals surface area (Å²) in [7, 11) is 0. The number of rotatable bonds is 12. The Morgan fingerprint density at radius 3 is 2.73 bits per heavy atom. The molecule has 0 aromatic rings. The normalized spacial score (nSPS) is 24.8. The van der Waals surface area contributed by atoms with Crippen LogP contribution in [0, 0.1) is 11.8 Å². The third kappa shape index (κ3) is 6.44. The van der Waals surface area contributed by atoms with Crippen molar-refractivity contribution in [1.29, 1.82) is 0 Å². The largest absolute Gasteiger partial charge is 0.494 e. The molecule has 0 amide bonds. The second-order valence-corrected chi connectivity index (χ2v) is 7.72. The summed E-state index contributed by atoms with van der Waals surface area (Å²) in [5.41, 5.74) is 0. The molecule has 3 atom stereocenters. The molecule has 0 spiro atoms. The van der Waals surface area contributed by atoms with Gasteiger partial charge in [-0.05, 0) is 38.7 Å². The molecule has 1 saturated carbocycles. The fourth-order valence-corrected chi connectivity index (χ4v) is 4.26. The smallest absolute Gasteiger partial charge is 0.305 e. The number of esters is 1. The molecular formula is C22H36O4. The van der Waals surface area contributed by atoms with Gasteiger partial charge >= 0.3 is 5.97 Å². The minimum Gasteiger partial charge on any atom is -0.494 e. The van der Waals surface area contributed by atoms with Crippen molar-refractivity contribution < 1.29 is 19.1 Å². The van der Waals surface area contributed by atoms with Gasteiger partial charge in [-0.1, -0.05) is 39.0 Å². The van der Waals surface area contributed by atoms with Crippen molar-refractivity contribution in [3.05, 3.63) is 11.8 Å². The summed E-state index contributed by atoms with van der Waals surface area (Å²) in [6.45, 7) is 4.51. The van der Waals surface area contributed by atoms with Crippen LogP contribution in [0.15, 0.2) is 11.8 Å². The van der Waals surface area contributed by atoms with Crippen molar-refractivity contribution in [3.63, 3.8) is 0 Å². The van der Waals surface area contributed by atoms with Gasteiger partial charge in [-0.15, -0.1) is 0 Å². The van der Waals surface area contributed by atoms with E-state index >= 15 is 0 Å². The molecule has 2 rings (SSSR count). The van der Waals surface area contributed by atoms with E-state index in [1.54, 1.807) is 0 Å². The molecule has 0 N–H and O–H groups in total. The van der Waals surface area contributed by atoms with Gasteiger partial charge in [-0.2, -0.15) is 0 Å². The lowest BCUT2D eigenvalue weighted by Gasteiger charge is -2.29. The molecule has 148 valence electrons. The van der Waals surface area contributed by atoms with E-state index in [2.05, 4.69) is 13.0 Å². The summed E-state index contributed by atoms with van der Waals surface area (Å²) >= 11 is 0. The van der Waals surface area contributed by atoms with Crippen molar-refractivity contribution in [2.75, 3.05) is 6.61 Å². The highest BCUT2D eigenvalue weighted by Crippen LogP contribution is 2.41. The third-order valence-electron chi connectivity index (χ3n) is 5.71. The number of hydrogen-bond donors (Lipinski definition) is 0. The van der Waals surface area contributed by atoms with Crippen molar-refractivity contribution in [1.82, 2.24) is 0 Å². The number of ether oxygens (including phenoxy) is 2. The van der Waals surface area contributed by atoms with Crippen LogP contribution in [-0.2, 0) is 19.1 Å². The highest BCUT2D eigenvalue weighted by Gasteiger charge is 2.44. The summed E-state index contributed by atoms with van der Waals surface area (Å²) in [6.07, 6.45) is 14.2. The highest BCUT2D eigenvalue weighted by atomic mass is 16.5. The summed E-state index contributed by atoms with van der Waals surface area (Å²) in [5.74, 6) is 1.99. The lowest BCUT2D eigenvalue weighted by molar-refractivity contribution is -0.143. The molecule has 1 aliphatic heterocycles. The first-order valence-electron chi connectivity index (χ1n) is 10.7. The lowest BCUT2D eigenvalue weighted by Crippen LogP contribution is -2.26. The van der Waals surface area contributed by atoms with Gasteiger partial charge in [0.25, 0.3) is 0 Å². The number of ketones is 1. The second kappa shape index (κ2) is 11.4. The summed E-state index contributed by atoms with van der Waals surface area (Å²) in [5, 5.41) is 0. The van der Waals surface area contributed by atoms with Crippen molar-refractivity contribution in [2.24, 2.45) is 11.8 Å². The van der Waals surface area contributed by atoms with Gasteiger partial charge in [0.1, 0.15) is 11.9 Å². The zero-order chi connectivity index (χ0) is 18.8. The maximum Gasteiger partial charge on any atom is 0.305 e. The van der Waals surface area contributed by atoms with Crippen molar-refractivity contribution >= 4 is 11.8 Å². The zero-order valence-electron chi connectivity index (χ0n) is 16.6. The van der Waals surface area contributed by atoms with Crippen LogP contribution in [-0.4, -0.2) is 24.5 Å². The Bertz CT molecular complexity index is 483. The van der Waals surface area contributed by atoms with Crippen molar-refractivity contribution in [2.45, 2.75) is 97.0 Å². The first kappa shape index (κ1) is 21.0. The fourth-order valence-electron chi connectivity index (χ4n) is 4.26. The average Bonchev–Trinajstić information content (AvgIpc) is 2.93. The van der Waals surface area contributed by atoms with E-state index in [0.29, 0.717) is 31.1 Å². The Balaban J connectivity index is 1.65. The Morgan fingerprint density at radius 1 is 1.15 bits per heavy atom. The van der Waals surface area contributed by atoms with E-state index in [1.165, 1.54) is 19.3 Å². The Morgan fingerprint density at radius 2 is 1.96 bits per heavy atom. The third-order valence-corrected chi connectivity index (χ3v) is 5.71. The molecule has 3 unspecified atom stereocenters. The lowest BCUT2D eigenvalue weighted by atomic mass is 9.85. The molecule has 1 fully saturated rings. The Kier molecular flexibility index (Phi) is 9.21. The van der Waals surface area contributed by atoms with E-state index in [0.717, 1.165) is 50.7 Å². The first-order chi connectivity index (χ1) is 12.7. The van der Waals surface area contributed by atoms with Crippen LogP contribution in [0.4, 0.5) is 0 Å². The number of allylic oxidation sites excluding steroid dienone is 2. The monoisotopic (exact) mass is 364 g/mol. The van der Waals surface area contributed by atoms with E-state index < -0.39 is 0 Å². The van der Waals surface area contributed by atoms with Crippen LogP contribution in [0.2, 0.25) is 0 Å². The molecule has 4 heteroatoms. The molecular weight excluding hydrogens is 328 g/mol. The molecule has 0 aromatic carbocycles. The van der Waals surface area contributed by atoms with Gasteiger partial charge in [0.05, 0.1) is 12.4 Å². The second-order valence-electron chi connectivity index (χ2n) is 7.72. The predicted octanol–water partition coefficient (Wildman–Crippen LogP) is 5.35. The SMILES string of the molecule is CCCCCC1=CCC2C(CC(=O)C2CCCCCCC(=O)OCC)O1. The molecule has 4 nitrogen and oxygen atoms in total. The predicted molar refractivity (Wildman–Crippen MR) is 103 cm³/mol. The maximum absolute atomic E-state index is 12.4. The number of carbonyl (C=O) groups is 2. The minimum atomic E-state index is -0.0952. The van der Waals surface area contributed by atoms with Gasteiger partial charge < -0.3 is 9.47 Å². The molecule has 2 aliphatic rings. The molecule has 26 heavy (non-hydrogen) atoms. The molecule has 0 saturated heterocycles. The van der Waals surface area contributed by atoms with Gasteiger partial charge in [0.15, 0.2) is 0 Å². The molecule has 0 aromatic heterocycles. The summed E-state index contributed by atoms with van der Waals surface area (Å²) < 4.78 is 11.1. The Labute approximate surface area is 158 Å². The zero-order valence-corrected chi connectivity index (χ0v) is 16.6. The quantitative estimate of drug-likeness (QED) is 0.346. The van der Waals surface area contributed by atoms with Gasteiger partial charge in [0.2, 0.25) is 0 Å². The fraction of sp³-hybridized carbons (Fsp3) is 0.818. The van der Waals surface area contributed by atoms with Gasteiger partial charge in [-0.25, -0.2) is 0 Å².